The molecule has 1 nitrogen and oxygen atoms in total. The Morgan fingerprint density at radius 2 is 1.92 bits per heavy atom. The van der Waals surface area contributed by atoms with Crippen LogP contribution in [0, 0.1) is 0 Å². The summed E-state index contributed by atoms with van der Waals surface area (Å²) in [5.41, 5.74) is 2.43. The molecular weight excluding hydrogens is 148 g/mol. The van der Waals surface area contributed by atoms with Crippen molar-refractivity contribution in [1.29, 1.82) is 0 Å². The van der Waals surface area contributed by atoms with E-state index in [4.69, 9.17) is 4.74 Å². The van der Waals surface area contributed by atoms with Crippen LogP contribution < -0.4 is 0 Å². The van der Waals surface area contributed by atoms with Crippen molar-refractivity contribution < 1.29 is 4.74 Å². The van der Waals surface area contributed by atoms with Gasteiger partial charge in [0.25, 0.3) is 0 Å². The molecule has 0 radical (unpaired) electrons. The fourth-order valence-corrected chi connectivity index (χ4v) is 1.36. The van der Waals surface area contributed by atoms with Crippen molar-refractivity contribution in [2.24, 2.45) is 0 Å². The van der Waals surface area contributed by atoms with Crippen molar-refractivity contribution in [3.05, 3.63) is 42.0 Å². The highest BCUT2D eigenvalue weighted by Crippen LogP contribution is 2.37. The molecule has 1 aliphatic heterocycles. The smallest absolute Gasteiger partial charge is 0.109 e. The van der Waals surface area contributed by atoms with Crippen molar-refractivity contribution in [3.8, 4) is 0 Å². The predicted molar refractivity (Wildman–Crippen MR) is 49.8 cm³/mol. The highest BCUT2D eigenvalue weighted by molar-refractivity contribution is 5.47. The number of epoxide rings is 1. The van der Waals surface area contributed by atoms with Crippen molar-refractivity contribution in [2.45, 2.75) is 19.1 Å². The summed E-state index contributed by atoms with van der Waals surface area (Å²) in [6, 6.07) is 8.34. The van der Waals surface area contributed by atoms with Gasteiger partial charge in [0.1, 0.15) is 6.10 Å². The standard InChI is InChI=1S/C11H12O/c1-3-9-4-6-10(7-5-9)11-8(2)12-11/h3-8,11H,1H2,2H3. The number of benzene rings is 1. The van der Waals surface area contributed by atoms with E-state index in [1.165, 1.54) is 5.56 Å². The van der Waals surface area contributed by atoms with Gasteiger partial charge in [0.15, 0.2) is 0 Å². The van der Waals surface area contributed by atoms with Gasteiger partial charge in [-0.3, -0.25) is 0 Å². The van der Waals surface area contributed by atoms with E-state index >= 15 is 0 Å². The minimum atomic E-state index is 0.337. The lowest BCUT2D eigenvalue weighted by molar-refractivity contribution is 0.383. The molecule has 0 bridgehead atoms. The molecule has 0 aliphatic carbocycles. The molecule has 1 aromatic carbocycles. The zero-order valence-electron chi connectivity index (χ0n) is 7.16. The number of hydrogen-bond donors (Lipinski definition) is 0. The Morgan fingerprint density at radius 3 is 2.33 bits per heavy atom. The van der Waals surface area contributed by atoms with Crippen molar-refractivity contribution in [2.75, 3.05) is 0 Å². The van der Waals surface area contributed by atoms with Crippen LogP contribution in [0.2, 0.25) is 0 Å². The highest BCUT2D eigenvalue weighted by Gasteiger charge is 2.35. The summed E-state index contributed by atoms with van der Waals surface area (Å²) >= 11 is 0. The third-order valence-electron chi connectivity index (χ3n) is 2.21. The summed E-state index contributed by atoms with van der Waals surface area (Å²) in [6.07, 6.45) is 2.59. The topological polar surface area (TPSA) is 12.5 Å². The number of rotatable bonds is 2. The summed E-state index contributed by atoms with van der Waals surface area (Å²) in [6.45, 7) is 5.79. The molecule has 12 heavy (non-hydrogen) atoms. The molecule has 2 atom stereocenters. The second-order valence-electron chi connectivity index (χ2n) is 3.13. The maximum Gasteiger partial charge on any atom is 0.109 e. The Hall–Kier alpha value is -1.08. The van der Waals surface area contributed by atoms with E-state index in [0.29, 0.717) is 12.2 Å². The van der Waals surface area contributed by atoms with Gasteiger partial charge in [-0.1, -0.05) is 36.9 Å². The average molecular weight is 160 g/mol. The third-order valence-corrected chi connectivity index (χ3v) is 2.21. The van der Waals surface area contributed by atoms with Gasteiger partial charge in [-0.2, -0.15) is 0 Å². The SMILES string of the molecule is C=Cc1ccc(C2OC2C)cc1. The van der Waals surface area contributed by atoms with Gasteiger partial charge in [-0.15, -0.1) is 0 Å². The average Bonchev–Trinajstić information content (AvgIpc) is 2.83. The zero-order valence-corrected chi connectivity index (χ0v) is 7.16. The molecule has 0 spiro atoms. The maximum atomic E-state index is 5.35. The summed E-state index contributed by atoms with van der Waals surface area (Å²) < 4.78 is 5.35. The second-order valence-corrected chi connectivity index (χ2v) is 3.13. The van der Waals surface area contributed by atoms with Crippen LogP contribution in [-0.4, -0.2) is 6.10 Å². The maximum absolute atomic E-state index is 5.35. The van der Waals surface area contributed by atoms with E-state index in [9.17, 15) is 0 Å². The summed E-state index contributed by atoms with van der Waals surface area (Å²) in [7, 11) is 0. The van der Waals surface area contributed by atoms with Gasteiger partial charge in [-0.05, 0) is 18.1 Å². The monoisotopic (exact) mass is 160 g/mol. The molecule has 0 N–H and O–H groups in total. The molecular formula is C11H12O. The summed E-state index contributed by atoms with van der Waals surface area (Å²) in [5, 5.41) is 0. The van der Waals surface area contributed by atoms with Gasteiger partial charge < -0.3 is 4.74 Å². The summed E-state index contributed by atoms with van der Waals surface area (Å²) in [5.74, 6) is 0. The van der Waals surface area contributed by atoms with E-state index in [1.807, 2.05) is 6.08 Å². The first kappa shape index (κ1) is 7.56. The third kappa shape index (κ3) is 1.28. The fraction of sp³-hybridized carbons (Fsp3) is 0.273. The molecule has 1 heterocycles. The van der Waals surface area contributed by atoms with Crippen LogP contribution >= 0.6 is 0 Å². The molecule has 1 fully saturated rings. The molecule has 62 valence electrons. The van der Waals surface area contributed by atoms with E-state index in [1.54, 1.807) is 0 Å². The minimum absolute atomic E-state index is 0.337. The molecule has 1 aromatic rings. The Kier molecular flexibility index (Phi) is 1.74. The Balaban J connectivity index is 2.19. The quantitative estimate of drug-likeness (QED) is 0.606. The van der Waals surface area contributed by atoms with Crippen LogP contribution in [-0.2, 0) is 4.74 Å². The second kappa shape index (κ2) is 2.76. The molecule has 1 heteroatoms. The normalized spacial score (nSPS) is 26.8. The van der Waals surface area contributed by atoms with Crippen LogP contribution in [0.25, 0.3) is 6.08 Å². The molecule has 2 rings (SSSR count). The van der Waals surface area contributed by atoms with Gasteiger partial charge in [0.2, 0.25) is 0 Å². The first-order valence-corrected chi connectivity index (χ1v) is 4.19. The van der Waals surface area contributed by atoms with Crippen LogP contribution in [0.5, 0.6) is 0 Å². The van der Waals surface area contributed by atoms with Crippen molar-refractivity contribution >= 4 is 6.08 Å². The fourth-order valence-electron chi connectivity index (χ4n) is 1.36. The zero-order chi connectivity index (χ0) is 8.55. The Labute approximate surface area is 72.7 Å². The molecule has 2 unspecified atom stereocenters. The lowest BCUT2D eigenvalue weighted by Crippen LogP contribution is -1.82. The minimum Gasteiger partial charge on any atom is -0.365 e. The molecule has 0 aromatic heterocycles. The van der Waals surface area contributed by atoms with E-state index in [0.717, 1.165) is 5.56 Å². The van der Waals surface area contributed by atoms with Crippen molar-refractivity contribution in [3.63, 3.8) is 0 Å². The predicted octanol–water partition coefficient (Wildman–Crippen LogP) is 2.79. The molecule has 1 aliphatic rings. The first-order chi connectivity index (χ1) is 5.81. The largest absolute Gasteiger partial charge is 0.365 e. The Bertz CT molecular complexity index is 286. The van der Waals surface area contributed by atoms with Crippen molar-refractivity contribution in [1.82, 2.24) is 0 Å². The molecule has 0 amide bonds. The van der Waals surface area contributed by atoms with E-state index in [2.05, 4.69) is 37.8 Å². The van der Waals surface area contributed by atoms with E-state index in [-0.39, 0.29) is 0 Å². The molecule has 0 saturated carbocycles. The van der Waals surface area contributed by atoms with Crippen LogP contribution in [0.15, 0.2) is 30.8 Å². The summed E-state index contributed by atoms with van der Waals surface area (Å²) in [4.78, 5) is 0. The van der Waals surface area contributed by atoms with Gasteiger partial charge in [-0.25, -0.2) is 0 Å². The Morgan fingerprint density at radius 1 is 1.33 bits per heavy atom. The highest BCUT2D eigenvalue weighted by atomic mass is 16.6. The van der Waals surface area contributed by atoms with Crippen LogP contribution in [0.3, 0.4) is 0 Å². The van der Waals surface area contributed by atoms with Gasteiger partial charge >= 0.3 is 0 Å². The lowest BCUT2D eigenvalue weighted by Gasteiger charge is -1.96. The first-order valence-electron chi connectivity index (χ1n) is 4.19. The number of hydrogen-bond acceptors (Lipinski definition) is 1. The van der Waals surface area contributed by atoms with E-state index < -0.39 is 0 Å². The molecule has 1 saturated heterocycles. The van der Waals surface area contributed by atoms with Gasteiger partial charge in [0.05, 0.1) is 6.10 Å². The van der Waals surface area contributed by atoms with Crippen LogP contribution in [0.4, 0.5) is 0 Å². The number of ether oxygens (including phenoxy) is 1. The lowest BCUT2D eigenvalue weighted by atomic mass is 10.1. The van der Waals surface area contributed by atoms with Gasteiger partial charge in [0, 0.05) is 0 Å². The van der Waals surface area contributed by atoms with Crippen LogP contribution in [0.1, 0.15) is 24.2 Å².